The van der Waals surface area contributed by atoms with Gasteiger partial charge in [-0.05, 0) is 30.7 Å². The van der Waals surface area contributed by atoms with E-state index in [0.717, 1.165) is 7.05 Å². The first kappa shape index (κ1) is 17.9. The maximum atomic E-state index is 12.4. The first-order valence-electron chi connectivity index (χ1n) is 6.41. The zero-order valence-corrected chi connectivity index (χ0v) is 13.0. The number of hydrogen-bond donors (Lipinski definition) is 1. The Morgan fingerprint density at radius 3 is 2.38 bits per heavy atom. The Morgan fingerprint density at radius 2 is 1.90 bits per heavy atom. The van der Waals surface area contributed by atoms with Gasteiger partial charge in [0.2, 0.25) is 10.0 Å². The van der Waals surface area contributed by atoms with Gasteiger partial charge >= 0.3 is 6.18 Å². The highest BCUT2D eigenvalue weighted by molar-refractivity contribution is 7.89. The SMILES string of the molecule is CCc1ccc(CNC)cc1S(=O)(=O)N(C)CC(F)(F)F. The van der Waals surface area contributed by atoms with Gasteiger partial charge in [-0.2, -0.15) is 17.5 Å². The predicted molar refractivity (Wildman–Crippen MR) is 74.5 cm³/mol. The van der Waals surface area contributed by atoms with E-state index >= 15 is 0 Å². The zero-order chi connectivity index (χ0) is 16.3. The Labute approximate surface area is 123 Å². The van der Waals surface area contributed by atoms with Crippen LogP contribution >= 0.6 is 0 Å². The van der Waals surface area contributed by atoms with Crippen molar-refractivity contribution in [1.82, 2.24) is 9.62 Å². The summed E-state index contributed by atoms with van der Waals surface area (Å²) in [5.74, 6) is 0. The fraction of sp³-hybridized carbons (Fsp3) is 0.538. The minimum absolute atomic E-state index is 0.0653. The highest BCUT2D eigenvalue weighted by Crippen LogP contribution is 2.25. The number of hydrogen-bond acceptors (Lipinski definition) is 3. The first-order valence-corrected chi connectivity index (χ1v) is 7.85. The first-order chi connectivity index (χ1) is 9.61. The van der Waals surface area contributed by atoms with Crippen LogP contribution in [0.2, 0.25) is 0 Å². The van der Waals surface area contributed by atoms with Crippen LogP contribution in [-0.2, 0) is 23.0 Å². The Hall–Kier alpha value is -1.12. The minimum Gasteiger partial charge on any atom is -0.316 e. The molecule has 0 aliphatic rings. The van der Waals surface area contributed by atoms with Crippen LogP contribution < -0.4 is 5.32 Å². The molecule has 1 N–H and O–H groups in total. The molecule has 0 aliphatic carbocycles. The minimum atomic E-state index is -4.57. The summed E-state index contributed by atoms with van der Waals surface area (Å²) in [7, 11) is -1.53. The molecule has 1 aromatic rings. The Bertz CT molecular complexity index is 586. The molecule has 1 rings (SSSR count). The fourth-order valence-electron chi connectivity index (χ4n) is 1.95. The Morgan fingerprint density at radius 1 is 1.29 bits per heavy atom. The van der Waals surface area contributed by atoms with Gasteiger partial charge in [0.05, 0.1) is 4.90 Å². The summed E-state index contributed by atoms with van der Waals surface area (Å²) < 4.78 is 62.3. The highest BCUT2D eigenvalue weighted by Gasteiger charge is 2.35. The van der Waals surface area contributed by atoms with Gasteiger partial charge in [-0.3, -0.25) is 0 Å². The average molecular weight is 324 g/mol. The molecule has 0 atom stereocenters. The van der Waals surface area contributed by atoms with Crippen LogP contribution in [0.1, 0.15) is 18.1 Å². The van der Waals surface area contributed by atoms with Crippen molar-refractivity contribution in [3.8, 4) is 0 Å². The summed E-state index contributed by atoms with van der Waals surface area (Å²) in [5.41, 5.74) is 1.21. The van der Waals surface area contributed by atoms with Crippen molar-refractivity contribution in [2.75, 3.05) is 20.6 Å². The summed E-state index contributed by atoms with van der Waals surface area (Å²) in [4.78, 5) is -0.0653. The summed E-state index contributed by atoms with van der Waals surface area (Å²) in [6, 6.07) is 4.83. The smallest absolute Gasteiger partial charge is 0.316 e. The van der Waals surface area contributed by atoms with Crippen molar-refractivity contribution >= 4 is 10.0 Å². The summed E-state index contributed by atoms with van der Waals surface area (Å²) >= 11 is 0. The largest absolute Gasteiger partial charge is 0.402 e. The molecule has 0 saturated heterocycles. The number of sulfonamides is 1. The van der Waals surface area contributed by atoms with Gasteiger partial charge in [-0.15, -0.1) is 0 Å². The van der Waals surface area contributed by atoms with Crippen LogP contribution in [0.25, 0.3) is 0 Å². The van der Waals surface area contributed by atoms with E-state index in [1.807, 2.05) is 0 Å². The molecule has 0 radical (unpaired) electrons. The van der Waals surface area contributed by atoms with E-state index in [1.165, 1.54) is 6.07 Å². The lowest BCUT2D eigenvalue weighted by Gasteiger charge is -2.21. The third-order valence-electron chi connectivity index (χ3n) is 2.98. The van der Waals surface area contributed by atoms with E-state index in [9.17, 15) is 21.6 Å². The molecule has 1 aromatic carbocycles. The highest BCUT2D eigenvalue weighted by atomic mass is 32.2. The Balaban J connectivity index is 3.25. The van der Waals surface area contributed by atoms with Crippen LogP contribution in [0.5, 0.6) is 0 Å². The molecular weight excluding hydrogens is 305 g/mol. The van der Waals surface area contributed by atoms with Gasteiger partial charge in [0, 0.05) is 13.6 Å². The van der Waals surface area contributed by atoms with Crippen LogP contribution in [0.3, 0.4) is 0 Å². The van der Waals surface area contributed by atoms with Crippen molar-refractivity contribution in [2.45, 2.75) is 31.0 Å². The number of benzene rings is 1. The molecule has 21 heavy (non-hydrogen) atoms. The molecule has 0 aromatic heterocycles. The summed E-state index contributed by atoms with van der Waals surface area (Å²) in [6.07, 6.45) is -4.15. The van der Waals surface area contributed by atoms with Crippen molar-refractivity contribution in [2.24, 2.45) is 0 Å². The maximum absolute atomic E-state index is 12.4. The quantitative estimate of drug-likeness (QED) is 0.872. The van der Waals surface area contributed by atoms with E-state index in [2.05, 4.69) is 5.32 Å². The van der Waals surface area contributed by atoms with E-state index < -0.39 is 22.7 Å². The van der Waals surface area contributed by atoms with Gasteiger partial charge in [-0.25, -0.2) is 8.42 Å². The molecule has 0 heterocycles. The number of rotatable bonds is 6. The van der Waals surface area contributed by atoms with Crippen molar-refractivity contribution < 1.29 is 21.6 Å². The molecular formula is C13H19F3N2O2S. The number of nitrogens with zero attached hydrogens (tertiary/aromatic N) is 1. The third-order valence-corrected chi connectivity index (χ3v) is 4.87. The lowest BCUT2D eigenvalue weighted by molar-refractivity contribution is -0.134. The van der Waals surface area contributed by atoms with Crippen LogP contribution in [0.4, 0.5) is 13.2 Å². The van der Waals surface area contributed by atoms with E-state index in [-0.39, 0.29) is 4.90 Å². The Kier molecular flexibility index (Phi) is 5.77. The number of nitrogens with one attached hydrogen (secondary N) is 1. The summed E-state index contributed by atoms with van der Waals surface area (Å²) in [6.45, 7) is 0.695. The second kappa shape index (κ2) is 6.76. The van der Waals surface area contributed by atoms with Gasteiger partial charge in [0.15, 0.2) is 0 Å². The molecule has 0 spiro atoms. The fourth-order valence-corrected chi connectivity index (χ4v) is 3.45. The predicted octanol–water partition coefficient (Wildman–Crippen LogP) is 2.15. The summed E-state index contributed by atoms with van der Waals surface area (Å²) in [5, 5.41) is 2.88. The average Bonchev–Trinajstić information content (AvgIpc) is 2.37. The number of alkyl halides is 3. The van der Waals surface area contributed by atoms with Crippen LogP contribution in [0, 0.1) is 0 Å². The maximum Gasteiger partial charge on any atom is 0.402 e. The monoisotopic (exact) mass is 324 g/mol. The molecule has 0 unspecified atom stereocenters. The molecule has 0 aliphatic heterocycles. The molecule has 0 fully saturated rings. The zero-order valence-electron chi connectivity index (χ0n) is 12.2. The van der Waals surface area contributed by atoms with E-state index in [4.69, 9.17) is 0 Å². The van der Waals surface area contributed by atoms with Gasteiger partial charge in [-0.1, -0.05) is 19.1 Å². The third kappa shape index (κ3) is 4.69. The molecule has 0 bridgehead atoms. The van der Waals surface area contributed by atoms with Gasteiger partial charge in [0.25, 0.3) is 0 Å². The molecule has 4 nitrogen and oxygen atoms in total. The lowest BCUT2D eigenvalue weighted by Crippen LogP contribution is -2.36. The second-order valence-corrected chi connectivity index (χ2v) is 6.72. The van der Waals surface area contributed by atoms with Crippen LogP contribution in [-0.4, -0.2) is 39.5 Å². The number of aryl methyl sites for hydroxylation is 1. The molecule has 0 saturated carbocycles. The van der Waals surface area contributed by atoms with Gasteiger partial charge < -0.3 is 5.32 Å². The van der Waals surface area contributed by atoms with E-state index in [0.29, 0.717) is 28.4 Å². The van der Waals surface area contributed by atoms with Crippen molar-refractivity contribution in [3.63, 3.8) is 0 Å². The second-order valence-electron chi connectivity index (χ2n) is 4.70. The van der Waals surface area contributed by atoms with Crippen molar-refractivity contribution in [3.05, 3.63) is 29.3 Å². The normalized spacial score (nSPS) is 12.9. The van der Waals surface area contributed by atoms with Crippen molar-refractivity contribution in [1.29, 1.82) is 0 Å². The van der Waals surface area contributed by atoms with Gasteiger partial charge in [0.1, 0.15) is 6.54 Å². The lowest BCUT2D eigenvalue weighted by atomic mass is 10.1. The molecule has 120 valence electrons. The van der Waals surface area contributed by atoms with Crippen LogP contribution in [0.15, 0.2) is 23.1 Å². The topological polar surface area (TPSA) is 49.4 Å². The van der Waals surface area contributed by atoms with E-state index in [1.54, 1.807) is 26.1 Å². The molecule has 0 amide bonds. The standard InChI is InChI=1S/C13H19F3N2O2S/c1-4-11-6-5-10(8-17-2)7-12(11)21(19,20)18(3)9-13(14,15)16/h5-7,17H,4,8-9H2,1-3H3. The molecule has 8 heteroatoms. The number of halogens is 3.